The average Bonchev–Trinajstić information content (AvgIpc) is 2.70. The summed E-state index contributed by atoms with van der Waals surface area (Å²) in [6.07, 6.45) is 0.712. The minimum absolute atomic E-state index is 0.0617. The number of carbonyl (C=O) groups excluding carboxylic acids is 1. The Morgan fingerprint density at radius 3 is 2.88 bits per heavy atom. The van der Waals surface area contributed by atoms with E-state index in [2.05, 4.69) is 10.6 Å². The Bertz CT molecular complexity index is 437. The van der Waals surface area contributed by atoms with Crippen LogP contribution in [-0.4, -0.2) is 18.5 Å². The number of rotatable bonds is 2. The zero-order valence-electron chi connectivity index (χ0n) is 9.47. The van der Waals surface area contributed by atoms with Crippen LogP contribution in [0.2, 0.25) is 0 Å². The number of hydrogen-bond donors (Lipinski definition) is 2. The van der Waals surface area contributed by atoms with Gasteiger partial charge in [0.2, 0.25) is 5.91 Å². The normalized spacial score (nSPS) is 23.7. The van der Waals surface area contributed by atoms with Crippen molar-refractivity contribution in [3.05, 3.63) is 29.8 Å². The molecule has 1 saturated heterocycles. The molecule has 2 N–H and O–H groups in total. The van der Waals surface area contributed by atoms with Gasteiger partial charge >= 0.3 is 0 Å². The highest BCUT2D eigenvalue weighted by Crippen LogP contribution is 2.20. The predicted octanol–water partition coefficient (Wildman–Crippen LogP) is 1.90. The Labute approximate surface area is 98.2 Å². The molecule has 1 fully saturated rings. The van der Waals surface area contributed by atoms with Crippen LogP contribution in [0.1, 0.15) is 13.3 Å². The van der Waals surface area contributed by atoms with Gasteiger partial charge in [0.1, 0.15) is 11.6 Å². The van der Waals surface area contributed by atoms with E-state index >= 15 is 0 Å². The van der Waals surface area contributed by atoms with Crippen molar-refractivity contribution in [1.29, 1.82) is 0 Å². The molecule has 2 unspecified atom stereocenters. The first kappa shape index (κ1) is 12.0. The van der Waals surface area contributed by atoms with Gasteiger partial charge in [-0.2, -0.15) is 0 Å². The summed E-state index contributed by atoms with van der Waals surface area (Å²) in [4.78, 5) is 11.8. The van der Waals surface area contributed by atoms with Crippen molar-refractivity contribution in [2.75, 3.05) is 11.9 Å². The van der Waals surface area contributed by atoms with Gasteiger partial charge in [-0.15, -0.1) is 0 Å². The Morgan fingerprint density at radius 1 is 1.47 bits per heavy atom. The van der Waals surface area contributed by atoms with Crippen molar-refractivity contribution < 1.29 is 13.6 Å². The summed E-state index contributed by atoms with van der Waals surface area (Å²) in [6.45, 7) is 2.67. The van der Waals surface area contributed by atoms with E-state index in [9.17, 15) is 13.6 Å². The number of carbonyl (C=O) groups is 1. The molecule has 1 aromatic carbocycles. The fraction of sp³-hybridized carbons (Fsp3) is 0.417. The van der Waals surface area contributed by atoms with E-state index in [0.29, 0.717) is 6.42 Å². The van der Waals surface area contributed by atoms with Crippen LogP contribution >= 0.6 is 0 Å². The second-order valence-electron chi connectivity index (χ2n) is 4.25. The lowest BCUT2D eigenvalue weighted by Crippen LogP contribution is -2.32. The summed E-state index contributed by atoms with van der Waals surface area (Å²) >= 11 is 0. The quantitative estimate of drug-likeness (QED) is 0.829. The highest BCUT2D eigenvalue weighted by molar-refractivity contribution is 5.93. The molecule has 2 rings (SSSR count). The van der Waals surface area contributed by atoms with Crippen LogP contribution in [0.5, 0.6) is 0 Å². The molecule has 5 heteroatoms. The van der Waals surface area contributed by atoms with Crippen LogP contribution in [0.4, 0.5) is 14.5 Å². The van der Waals surface area contributed by atoms with Crippen molar-refractivity contribution in [1.82, 2.24) is 5.32 Å². The third-order valence-corrected chi connectivity index (χ3v) is 3.05. The van der Waals surface area contributed by atoms with E-state index < -0.39 is 11.6 Å². The molecule has 0 spiro atoms. The Balaban J connectivity index is 2.10. The molecule has 0 aromatic heterocycles. The van der Waals surface area contributed by atoms with Gasteiger partial charge in [0, 0.05) is 12.1 Å². The molecule has 0 bridgehead atoms. The minimum Gasteiger partial charge on any atom is -0.323 e. The van der Waals surface area contributed by atoms with Crippen LogP contribution < -0.4 is 10.6 Å². The number of amides is 1. The fourth-order valence-electron chi connectivity index (χ4n) is 2.04. The highest BCUT2D eigenvalue weighted by Gasteiger charge is 2.29. The van der Waals surface area contributed by atoms with E-state index in [4.69, 9.17) is 0 Å². The highest BCUT2D eigenvalue weighted by atomic mass is 19.1. The first-order valence-electron chi connectivity index (χ1n) is 5.57. The number of nitrogens with one attached hydrogen (secondary N) is 2. The summed E-state index contributed by atoms with van der Waals surface area (Å²) in [7, 11) is 0. The topological polar surface area (TPSA) is 41.1 Å². The molecule has 0 aliphatic carbocycles. The monoisotopic (exact) mass is 240 g/mol. The number of benzene rings is 1. The van der Waals surface area contributed by atoms with Crippen LogP contribution in [0.15, 0.2) is 18.2 Å². The molecular weight excluding hydrogens is 226 g/mol. The fourth-order valence-corrected chi connectivity index (χ4v) is 2.04. The van der Waals surface area contributed by atoms with E-state index in [0.717, 1.165) is 24.7 Å². The molecule has 0 saturated carbocycles. The van der Waals surface area contributed by atoms with Crippen molar-refractivity contribution in [3.63, 3.8) is 0 Å². The molecule has 2 atom stereocenters. The molecule has 3 nitrogen and oxygen atoms in total. The lowest BCUT2D eigenvalue weighted by Gasteiger charge is -2.15. The standard InChI is InChI=1S/C12H14F2N2O/c1-7-9(4-5-15-7)12(17)16-11-6-8(13)2-3-10(11)14/h2-3,6-7,9,15H,4-5H2,1H3,(H,16,17). The lowest BCUT2D eigenvalue weighted by molar-refractivity contribution is -0.120. The van der Waals surface area contributed by atoms with E-state index in [-0.39, 0.29) is 23.6 Å². The van der Waals surface area contributed by atoms with Crippen molar-refractivity contribution >= 4 is 11.6 Å². The summed E-state index contributed by atoms with van der Waals surface area (Å²) in [6, 6.07) is 3.07. The van der Waals surface area contributed by atoms with Gasteiger partial charge in [-0.1, -0.05) is 0 Å². The summed E-state index contributed by atoms with van der Waals surface area (Å²) < 4.78 is 26.2. The predicted molar refractivity (Wildman–Crippen MR) is 60.6 cm³/mol. The van der Waals surface area contributed by atoms with Crippen LogP contribution in [-0.2, 0) is 4.79 Å². The van der Waals surface area contributed by atoms with Crippen molar-refractivity contribution in [2.24, 2.45) is 5.92 Å². The average molecular weight is 240 g/mol. The van der Waals surface area contributed by atoms with E-state index in [1.807, 2.05) is 6.92 Å². The first-order chi connectivity index (χ1) is 8.08. The molecule has 1 aliphatic rings. The van der Waals surface area contributed by atoms with Crippen molar-refractivity contribution in [3.8, 4) is 0 Å². The summed E-state index contributed by atoms with van der Waals surface area (Å²) in [5.41, 5.74) is -0.103. The van der Waals surface area contributed by atoms with Crippen LogP contribution in [0.25, 0.3) is 0 Å². The zero-order valence-corrected chi connectivity index (χ0v) is 9.47. The SMILES string of the molecule is CC1NCCC1C(=O)Nc1cc(F)ccc1F. The first-order valence-corrected chi connectivity index (χ1v) is 5.57. The molecule has 0 radical (unpaired) electrons. The van der Waals surface area contributed by atoms with Gasteiger partial charge in [0.25, 0.3) is 0 Å². The number of halogens is 2. The van der Waals surface area contributed by atoms with Gasteiger partial charge in [-0.05, 0) is 32.0 Å². The molecule has 1 amide bonds. The molecule has 1 aliphatic heterocycles. The van der Waals surface area contributed by atoms with E-state index in [1.54, 1.807) is 0 Å². The van der Waals surface area contributed by atoms with Crippen molar-refractivity contribution in [2.45, 2.75) is 19.4 Å². The van der Waals surface area contributed by atoms with Gasteiger partial charge in [-0.3, -0.25) is 4.79 Å². The number of anilines is 1. The maximum absolute atomic E-state index is 13.3. The lowest BCUT2D eigenvalue weighted by atomic mass is 10.0. The largest absolute Gasteiger partial charge is 0.323 e. The number of hydrogen-bond acceptors (Lipinski definition) is 2. The Hall–Kier alpha value is -1.49. The summed E-state index contributed by atoms with van der Waals surface area (Å²) in [5.74, 6) is -1.66. The Morgan fingerprint density at radius 2 is 2.24 bits per heavy atom. The smallest absolute Gasteiger partial charge is 0.229 e. The molecular formula is C12H14F2N2O. The second-order valence-corrected chi connectivity index (χ2v) is 4.25. The third kappa shape index (κ3) is 2.61. The van der Waals surface area contributed by atoms with Crippen LogP contribution in [0, 0.1) is 17.6 Å². The minimum atomic E-state index is -0.627. The second kappa shape index (κ2) is 4.79. The van der Waals surface area contributed by atoms with Gasteiger partial charge in [0.15, 0.2) is 0 Å². The molecule has 17 heavy (non-hydrogen) atoms. The van der Waals surface area contributed by atoms with Gasteiger partial charge < -0.3 is 10.6 Å². The maximum Gasteiger partial charge on any atom is 0.229 e. The molecule has 92 valence electrons. The van der Waals surface area contributed by atoms with Crippen LogP contribution in [0.3, 0.4) is 0 Å². The zero-order chi connectivity index (χ0) is 12.4. The summed E-state index contributed by atoms with van der Waals surface area (Å²) in [5, 5.41) is 5.56. The van der Waals surface area contributed by atoms with Gasteiger partial charge in [-0.25, -0.2) is 8.78 Å². The van der Waals surface area contributed by atoms with Gasteiger partial charge in [0.05, 0.1) is 11.6 Å². The third-order valence-electron chi connectivity index (χ3n) is 3.05. The van der Waals surface area contributed by atoms with E-state index in [1.165, 1.54) is 0 Å². The maximum atomic E-state index is 13.3. The molecule has 1 heterocycles. The molecule has 1 aromatic rings. The Kier molecular flexibility index (Phi) is 3.38.